The number of fused-ring (bicyclic) bond motifs is 1. The van der Waals surface area contributed by atoms with Gasteiger partial charge in [0, 0.05) is 36.8 Å². The number of anilines is 1. The monoisotopic (exact) mass is 639 g/mol. The number of amides is 2. The Kier molecular flexibility index (Phi) is 9.02. The Bertz CT molecular complexity index is 1840. The molecule has 6 rings (SSSR count). The molecule has 238 valence electrons. The molecule has 1 saturated carbocycles. The number of likely N-dealkylation sites (tertiary alicyclic amines) is 1. The number of nitrogens with zero attached hydrogens (tertiary/aromatic N) is 5. The molecule has 2 fully saturated rings. The van der Waals surface area contributed by atoms with E-state index in [4.69, 9.17) is 4.98 Å². The number of thiophene rings is 1. The average Bonchev–Trinajstić information content (AvgIpc) is 3.38. The SMILES string of the molecule is CC(C)(C)/C=C(\C#N)C(=O)N1CCC[C@@H]1Cn1c(NC(=O)c2ccc(-c3ccnc(F)c3)s2)nc2cc(CNCC3CC3)ccc21. The Hall–Kier alpha value is -4.40. The molecular weight excluding hydrogens is 601 g/mol. The lowest BCUT2D eigenvalue weighted by Gasteiger charge is -2.26. The summed E-state index contributed by atoms with van der Waals surface area (Å²) >= 11 is 1.26. The van der Waals surface area contributed by atoms with E-state index in [1.54, 1.807) is 29.2 Å². The number of hydrogen-bond donors (Lipinski definition) is 2. The lowest BCUT2D eigenvalue weighted by molar-refractivity contribution is -0.127. The number of nitriles is 1. The molecule has 0 bridgehead atoms. The number of benzene rings is 1. The maximum absolute atomic E-state index is 13.7. The zero-order chi connectivity index (χ0) is 32.4. The van der Waals surface area contributed by atoms with Crippen molar-refractivity contribution in [1.29, 1.82) is 5.26 Å². The fourth-order valence-corrected chi connectivity index (χ4v) is 6.77. The summed E-state index contributed by atoms with van der Waals surface area (Å²) in [5.74, 6) is -0.0107. The van der Waals surface area contributed by atoms with Crippen molar-refractivity contribution in [3.63, 3.8) is 0 Å². The van der Waals surface area contributed by atoms with Crippen molar-refractivity contribution in [3.05, 3.63) is 76.7 Å². The van der Waals surface area contributed by atoms with Gasteiger partial charge in [0.1, 0.15) is 11.6 Å². The zero-order valence-electron chi connectivity index (χ0n) is 26.3. The Morgan fingerprint density at radius 3 is 2.72 bits per heavy atom. The van der Waals surface area contributed by atoms with E-state index in [0.29, 0.717) is 29.5 Å². The van der Waals surface area contributed by atoms with Crippen LogP contribution in [0.15, 0.2) is 60.3 Å². The summed E-state index contributed by atoms with van der Waals surface area (Å²) in [5, 5.41) is 16.4. The van der Waals surface area contributed by atoms with Crippen molar-refractivity contribution in [2.45, 2.75) is 65.6 Å². The van der Waals surface area contributed by atoms with Crippen LogP contribution in [0.2, 0.25) is 0 Å². The summed E-state index contributed by atoms with van der Waals surface area (Å²) in [6.07, 6.45) is 7.30. The van der Waals surface area contributed by atoms with Crippen LogP contribution >= 0.6 is 11.3 Å². The largest absolute Gasteiger partial charge is 0.333 e. The van der Waals surface area contributed by atoms with Crippen LogP contribution in [0.3, 0.4) is 0 Å². The summed E-state index contributed by atoms with van der Waals surface area (Å²) in [6.45, 7) is 8.61. The third-order valence-corrected chi connectivity index (χ3v) is 9.43. The summed E-state index contributed by atoms with van der Waals surface area (Å²) in [6, 6.07) is 14.6. The number of aromatic nitrogens is 3. The quantitative estimate of drug-likeness (QED) is 0.116. The smallest absolute Gasteiger partial charge is 0.268 e. The number of pyridine rings is 1. The van der Waals surface area contributed by atoms with Crippen LogP contribution in [-0.4, -0.2) is 50.4 Å². The molecule has 1 aliphatic heterocycles. The van der Waals surface area contributed by atoms with Gasteiger partial charge in [-0.25, -0.2) is 9.97 Å². The first-order valence-corrected chi connectivity index (χ1v) is 16.6. The molecule has 4 aromatic rings. The normalized spacial score (nSPS) is 17.0. The van der Waals surface area contributed by atoms with E-state index < -0.39 is 5.95 Å². The van der Waals surface area contributed by atoms with Gasteiger partial charge in [0.05, 0.1) is 22.0 Å². The number of nitrogens with one attached hydrogen (secondary N) is 2. The van der Waals surface area contributed by atoms with Crippen LogP contribution in [0, 0.1) is 28.6 Å². The van der Waals surface area contributed by atoms with E-state index in [1.807, 2.05) is 37.5 Å². The van der Waals surface area contributed by atoms with Crippen molar-refractivity contribution in [2.24, 2.45) is 11.3 Å². The number of hydrogen-bond acceptors (Lipinski definition) is 7. The molecule has 2 amide bonds. The summed E-state index contributed by atoms with van der Waals surface area (Å²) < 4.78 is 15.7. The van der Waals surface area contributed by atoms with Gasteiger partial charge in [0.15, 0.2) is 0 Å². The molecule has 2 N–H and O–H groups in total. The highest BCUT2D eigenvalue weighted by atomic mass is 32.1. The van der Waals surface area contributed by atoms with Gasteiger partial charge in [-0.2, -0.15) is 9.65 Å². The highest BCUT2D eigenvalue weighted by molar-refractivity contribution is 7.17. The highest BCUT2D eigenvalue weighted by Gasteiger charge is 2.33. The van der Waals surface area contributed by atoms with Crippen LogP contribution < -0.4 is 10.6 Å². The minimum atomic E-state index is -0.581. The summed E-state index contributed by atoms with van der Waals surface area (Å²) in [5.41, 5.74) is 3.19. The molecule has 1 atom stereocenters. The van der Waals surface area contributed by atoms with Crippen molar-refractivity contribution in [3.8, 4) is 16.5 Å². The second-order valence-corrected chi connectivity index (χ2v) is 14.3. The Morgan fingerprint density at radius 1 is 1.15 bits per heavy atom. The molecule has 0 radical (unpaired) electrons. The molecule has 46 heavy (non-hydrogen) atoms. The third kappa shape index (κ3) is 7.35. The van der Waals surface area contributed by atoms with E-state index in [0.717, 1.165) is 53.3 Å². The summed E-state index contributed by atoms with van der Waals surface area (Å²) in [7, 11) is 0. The maximum atomic E-state index is 13.7. The lowest BCUT2D eigenvalue weighted by atomic mass is 9.93. The minimum Gasteiger partial charge on any atom is -0.333 e. The molecule has 11 heteroatoms. The standard InChI is InChI=1S/C35H38FN7O2S/c1-35(2,3)17-25(18-37)33(45)42-14-4-5-26(42)21-43-28-9-8-23(20-38-19-22-6-7-22)15-27(28)40-34(43)41-32(44)30-11-10-29(46-30)24-12-13-39-31(36)16-24/h8-13,15-17,22,26,38H,4-7,14,19-21H2,1-3H3,(H,40,41,44)/b25-17+/t26-/m1/s1. The fraction of sp³-hybridized carbons (Fsp3) is 0.400. The number of imidazole rings is 1. The van der Waals surface area contributed by atoms with Crippen LogP contribution in [0.25, 0.3) is 21.5 Å². The molecular formula is C35H38FN7O2S. The molecule has 1 aliphatic carbocycles. The first kappa shape index (κ1) is 31.6. The molecule has 0 spiro atoms. The van der Waals surface area contributed by atoms with Gasteiger partial charge in [-0.1, -0.05) is 32.9 Å². The van der Waals surface area contributed by atoms with Gasteiger partial charge >= 0.3 is 0 Å². The van der Waals surface area contributed by atoms with E-state index in [2.05, 4.69) is 27.8 Å². The fourth-order valence-electron chi connectivity index (χ4n) is 5.88. The minimum absolute atomic E-state index is 0.148. The first-order chi connectivity index (χ1) is 22.1. The molecule has 0 unspecified atom stereocenters. The number of carbonyl (C=O) groups is 2. The molecule has 9 nitrogen and oxygen atoms in total. The van der Waals surface area contributed by atoms with Crippen molar-refractivity contribution in [1.82, 2.24) is 24.8 Å². The van der Waals surface area contributed by atoms with Crippen molar-refractivity contribution < 1.29 is 14.0 Å². The Labute approximate surface area is 272 Å². The third-order valence-electron chi connectivity index (χ3n) is 8.30. The van der Waals surface area contributed by atoms with Crippen molar-refractivity contribution in [2.75, 3.05) is 18.4 Å². The van der Waals surface area contributed by atoms with E-state index >= 15 is 0 Å². The maximum Gasteiger partial charge on any atom is 0.268 e. The van der Waals surface area contributed by atoms with Gasteiger partial charge in [-0.3, -0.25) is 14.9 Å². The predicted octanol–water partition coefficient (Wildman–Crippen LogP) is 6.54. The Morgan fingerprint density at radius 2 is 1.98 bits per heavy atom. The van der Waals surface area contributed by atoms with Gasteiger partial charge in [-0.05, 0) is 85.0 Å². The van der Waals surface area contributed by atoms with E-state index in [1.165, 1.54) is 36.4 Å². The number of halogens is 1. The lowest BCUT2D eigenvalue weighted by Crippen LogP contribution is -2.39. The number of allylic oxidation sites excluding steroid dienone is 1. The Balaban J connectivity index is 1.28. The van der Waals surface area contributed by atoms with Gasteiger partial charge in [0.2, 0.25) is 11.9 Å². The number of rotatable bonds is 10. The predicted molar refractivity (Wildman–Crippen MR) is 178 cm³/mol. The molecule has 1 aromatic carbocycles. The van der Waals surface area contributed by atoms with Crippen molar-refractivity contribution >= 4 is 40.1 Å². The summed E-state index contributed by atoms with van der Waals surface area (Å²) in [4.78, 5) is 38.6. The second kappa shape index (κ2) is 13.1. The molecule has 4 heterocycles. The first-order valence-electron chi connectivity index (χ1n) is 15.7. The second-order valence-electron chi connectivity index (χ2n) is 13.3. The van der Waals surface area contributed by atoms with E-state index in [9.17, 15) is 19.2 Å². The van der Waals surface area contributed by atoms with Gasteiger partial charge in [-0.15, -0.1) is 11.3 Å². The topological polar surface area (TPSA) is 116 Å². The van der Waals surface area contributed by atoms with Crippen LogP contribution in [-0.2, 0) is 17.9 Å². The van der Waals surface area contributed by atoms with Crippen LogP contribution in [0.5, 0.6) is 0 Å². The number of carbonyl (C=O) groups excluding carboxylic acids is 2. The zero-order valence-corrected chi connectivity index (χ0v) is 27.2. The van der Waals surface area contributed by atoms with Gasteiger partial charge in [0.25, 0.3) is 11.8 Å². The van der Waals surface area contributed by atoms with Gasteiger partial charge < -0.3 is 14.8 Å². The highest BCUT2D eigenvalue weighted by Crippen LogP contribution is 2.31. The van der Waals surface area contributed by atoms with Crippen LogP contribution in [0.4, 0.5) is 10.3 Å². The molecule has 1 saturated heterocycles. The van der Waals surface area contributed by atoms with E-state index in [-0.39, 0.29) is 28.8 Å². The van der Waals surface area contributed by atoms with Crippen LogP contribution in [0.1, 0.15) is 61.7 Å². The average molecular weight is 640 g/mol. The molecule has 2 aliphatic rings. The molecule has 3 aromatic heterocycles.